The molecule has 0 radical (unpaired) electrons. The molecular weight excluding hydrogens is 373 g/mol. The quantitative estimate of drug-likeness (QED) is 0.654. The van der Waals surface area contributed by atoms with Gasteiger partial charge in [-0.15, -0.1) is 0 Å². The third-order valence-corrected chi connectivity index (χ3v) is 5.23. The summed E-state index contributed by atoms with van der Waals surface area (Å²) in [5.41, 5.74) is 1.23. The van der Waals surface area contributed by atoms with Crippen molar-refractivity contribution in [3.05, 3.63) is 65.8 Å². The average molecular weight is 395 g/mol. The number of ether oxygens (including phenoxy) is 1. The van der Waals surface area contributed by atoms with E-state index in [4.69, 9.17) is 9.26 Å². The van der Waals surface area contributed by atoms with Gasteiger partial charge in [0.25, 0.3) is 5.91 Å². The lowest BCUT2D eigenvalue weighted by atomic mass is 9.93. The highest BCUT2D eigenvalue weighted by molar-refractivity contribution is 5.94. The first-order chi connectivity index (χ1) is 14.1. The van der Waals surface area contributed by atoms with E-state index in [2.05, 4.69) is 10.1 Å². The molecule has 0 aliphatic carbocycles. The number of carbonyl (C=O) groups excluding carboxylic acids is 1. The normalized spacial score (nSPS) is 14.8. The van der Waals surface area contributed by atoms with Gasteiger partial charge in [0.1, 0.15) is 11.6 Å². The number of amides is 1. The molecule has 1 fully saturated rings. The van der Waals surface area contributed by atoms with Crippen LogP contribution in [0.1, 0.15) is 29.1 Å². The van der Waals surface area contributed by atoms with Gasteiger partial charge in [-0.3, -0.25) is 4.79 Å². The summed E-state index contributed by atoms with van der Waals surface area (Å²) in [6.07, 6.45) is 2.37. The zero-order valence-electron chi connectivity index (χ0n) is 16.2. The fourth-order valence-electron chi connectivity index (χ4n) is 3.61. The van der Waals surface area contributed by atoms with Crippen LogP contribution in [0.2, 0.25) is 0 Å². The molecule has 1 aliphatic heterocycles. The van der Waals surface area contributed by atoms with Crippen molar-refractivity contribution in [1.29, 1.82) is 0 Å². The van der Waals surface area contributed by atoms with Crippen LogP contribution in [-0.4, -0.2) is 41.1 Å². The summed E-state index contributed by atoms with van der Waals surface area (Å²) in [6, 6.07) is 13.4. The predicted octanol–water partition coefficient (Wildman–Crippen LogP) is 3.98. The van der Waals surface area contributed by atoms with Crippen LogP contribution in [0.3, 0.4) is 0 Å². The lowest BCUT2D eigenvalue weighted by molar-refractivity contribution is 0.0687. The minimum Gasteiger partial charge on any atom is -0.497 e. The van der Waals surface area contributed by atoms with Crippen molar-refractivity contribution in [3.8, 4) is 17.1 Å². The highest BCUT2D eigenvalue weighted by Crippen LogP contribution is 2.25. The topological polar surface area (TPSA) is 68.5 Å². The summed E-state index contributed by atoms with van der Waals surface area (Å²) in [5, 5.41) is 4.08. The van der Waals surface area contributed by atoms with Crippen molar-refractivity contribution in [3.63, 3.8) is 0 Å². The molecule has 2 aromatic carbocycles. The number of benzene rings is 2. The maximum atomic E-state index is 13.4. The van der Waals surface area contributed by atoms with E-state index in [-0.39, 0.29) is 5.91 Å². The summed E-state index contributed by atoms with van der Waals surface area (Å²) < 4.78 is 24.0. The molecule has 1 aromatic heterocycles. The summed E-state index contributed by atoms with van der Waals surface area (Å²) in [7, 11) is 1.62. The fourth-order valence-corrected chi connectivity index (χ4v) is 3.61. The molecule has 29 heavy (non-hydrogen) atoms. The number of hydrogen-bond donors (Lipinski definition) is 0. The second kappa shape index (κ2) is 8.43. The summed E-state index contributed by atoms with van der Waals surface area (Å²) in [5.74, 6) is 1.72. The van der Waals surface area contributed by atoms with Gasteiger partial charge in [-0.2, -0.15) is 4.98 Å². The van der Waals surface area contributed by atoms with Gasteiger partial charge in [-0.1, -0.05) is 23.4 Å². The first-order valence-corrected chi connectivity index (χ1v) is 9.64. The molecule has 4 rings (SSSR count). The smallest absolute Gasteiger partial charge is 0.253 e. The first kappa shape index (κ1) is 19.1. The van der Waals surface area contributed by atoms with E-state index < -0.39 is 5.82 Å². The zero-order valence-corrected chi connectivity index (χ0v) is 16.2. The van der Waals surface area contributed by atoms with Crippen molar-refractivity contribution >= 4 is 5.91 Å². The Morgan fingerprint density at radius 3 is 2.76 bits per heavy atom. The number of aromatic nitrogens is 2. The van der Waals surface area contributed by atoms with E-state index in [1.54, 1.807) is 24.1 Å². The van der Waals surface area contributed by atoms with Gasteiger partial charge >= 0.3 is 0 Å². The van der Waals surface area contributed by atoms with Crippen molar-refractivity contribution in [2.75, 3.05) is 20.2 Å². The summed E-state index contributed by atoms with van der Waals surface area (Å²) in [6.45, 7) is 1.27. The molecular formula is C22H22FN3O3. The van der Waals surface area contributed by atoms with Crippen LogP contribution in [0.4, 0.5) is 4.39 Å². The second-order valence-corrected chi connectivity index (χ2v) is 7.19. The Bertz CT molecular complexity index is 996. The molecule has 150 valence electrons. The van der Waals surface area contributed by atoms with Crippen LogP contribution < -0.4 is 4.74 Å². The lowest BCUT2D eigenvalue weighted by Crippen LogP contribution is -2.39. The number of hydrogen-bond acceptors (Lipinski definition) is 5. The molecule has 0 unspecified atom stereocenters. The number of halogens is 1. The van der Waals surface area contributed by atoms with Gasteiger partial charge in [0.15, 0.2) is 0 Å². The number of nitrogens with zero attached hydrogens (tertiary/aromatic N) is 3. The molecule has 0 bridgehead atoms. The monoisotopic (exact) mass is 395 g/mol. The molecule has 0 N–H and O–H groups in total. The Morgan fingerprint density at radius 1 is 1.21 bits per heavy atom. The van der Waals surface area contributed by atoms with Crippen molar-refractivity contribution in [1.82, 2.24) is 15.0 Å². The van der Waals surface area contributed by atoms with Crippen molar-refractivity contribution in [2.24, 2.45) is 5.92 Å². The largest absolute Gasteiger partial charge is 0.497 e. The summed E-state index contributed by atoms with van der Waals surface area (Å²) >= 11 is 0. The first-order valence-electron chi connectivity index (χ1n) is 9.64. The van der Waals surface area contributed by atoms with Gasteiger partial charge in [0.2, 0.25) is 11.7 Å². The molecule has 1 saturated heterocycles. The minimum absolute atomic E-state index is 0.124. The van der Waals surface area contributed by atoms with Crippen LogP contribution >= 0.6 is 0 Å². The minimum atomic E-state index is -0.394. The molecule has 0 spiro atoms. The average Bonchev–Trinajstić information content (AvgIpc) is 3.22. The number of carbonyl (C=O) groups is 1. The third-order valence-electron chi connectivity index (χ3n) is 5.23. The molecule has 6 nitrogen and oxygen atoms in total. The Hall–Kier alpha value is -3.22. The SMILES string of the molecule is COc1cccc(-c2noc(CC3CCN(C(=O)c4cccc(F)c4)CC3)n2)c1. The summed E-state index contributed by atoms with van der Waals surface area (Å²) in [4.78, 5) is 18.8. The van der Waals surface area contributed by atoms with Crippen molar-refractivity contribution in [2.45, 2.75) is 19.3 Å². The Labute approximate surface area is 168 Å². The van der Waals surface area contributed by atoms with Gasteiger partial charge in [-0.05, 0) is 49.1 Å². The molecule has 7 heteroatoms. The predicted molar refractivity (Wildman–Crippen MR) is 105 cm³/mol. The number of piperidine rings is 1. The molecule has 0 atom stereocenters. The molecule has 2 heterocycles. The van der Waals surface area contributed by atoms with E-state index in [0.717, 1.165) is 24.2 Å². The van der Waals surface area contributed by atoms with E-state index >= 15 is 0 Å². The second-order valence-electron chi connectivity index (χ2n) is 7.19. The Balaban J connectivity index is 1.34. The number of rotatable bonds is 5. The van der Waals surface area contributed by atoms with Crippen LogP contribution in [-0.2, 0) is 6.42 Å². The molecule has 0 saturated carbocycles. The van der Waals surface area contributed by atoms with Crippen LogP contribution in [0.15, 0.2) is 53.1 Å². The van der Waals surface area contributed by atoms with Gasteiger partial charge in [-0.25, -0.2) is 4.39 Å². The third kappa shape index (κ3) is 4.45. The highest BCUT2D eigenvalue weighted by atomic mass is 19.1. The van der Waals surface area contributed by atoms with Crippen molar-refractivity contribution < 1.29 is 18.4 Å². The van der Waals surface area contributed by atoms with Gasteiger partial charge in [0.05, 0.1) is 7.11 Å². The highest BCUT2D eigenvalue weighted by Gasteiger charge is 2.25. The van der Waals surface area contributed by atoms with E-state index in [0.29, 0.717) is 42.7 Å². The van der Waals surface area contributed by atoms with Gasteiger partial charge < -0.3 is 14.2 Å². The van der Waals surface area contributed by atoms with E-state index in [9.17, 15) is 9.18 Å². The van der Waals surface area contributed by atoms with Crippen LogP contribution in [0.25, 0.3) is 11.4 Å². The Morgan fingerprint density at radius 2 is 2.00 bits per heavy atom. The number of methoxy groups -OCH3 is 1. The molecule has 3 aromatic rings. The zero-order chi connectivity index (χ0) is 20.2. The maximum absolute atomic E-state index is 13.4. The Kier molecular flexibility index (Phi) is 5.55. The van der Waals surface area contributed by atoms with E-state index in [1.807, 2.05) is 24.3 Å². The lowest BCUT2D eigenvalue weighted by Gasteiger charge is -2.31. The number of likely N-dealkylation sites (tertiary alicyclic amines) is 1. The fraction of sp³-hybridized carbons (Fsp3) is 0.318. The van der Waals surface area contributed by atoms with E-state index in [1.165, 1.54) is 12.1 Å². The standard InChI is InChI=1S/C22H22FN3O3/c1-28-19-7-3-4-16(14-19)21-24-20(29-25-21)12-15-8-10-26(11-9-15)22(27)17-5-2-6-18(23)13-17/h2-7,13-15H,8-12H2,1H3. The molecule has 1 aliphatic rings. The van der Waals surface area contributed by atoms with Gasteiger partial charge in [0, 0.05) is 30.6 Å². The van der Waals surface area contributed by atoms with Crippen LogP contribution in [0.5, 0.6) is 5.75 Å². The maximum Gasteiger partial charge on any atom is 0.253 e. The molecule has 1 amide bonds. The van der Waals surface area contributed by atoms with Crippen LogP contribution in [0, 0.1) is 11.7 Å².